The quantitative estimate of drug-likeness (QED) is 0.476. The number of hydrogen-bond donors (Lipinski definition) is 0. The van der Waals surface area contributed by atoms with Crippen LogP contribution >= 0.6 is 0 Å². The van der Waals surface area contributed by atoms with Crippen LogP contribution in [0.1, 0.15) is 11.1 Å². The van der Waals surface area contributed by atoms with Gasteiger partial charge in [0.25, 0.3) is 0 Å². The van der Waals surface area contributed by atoms with E-state index in [1.165, 1.54) is 0 Å². The lowest BCUT2D eigenvalue weighted by Gasteiger charge is -2.16. The maximum atomic E-state index is 12.1. The topological polar surface area (TPSA) is 75.6 Å². The lowest BCUT2D eigenvalue weighted by atomic mass is 10.1. The molecule has 2 aromatic rings. The number of nitrogens with zero attached hydrogens (tertiary/aromatic N) is 1. The molecule has 0 N–H and O–H groups in total. The van der Waals surface area contributed by atoms with Crippen LogP contribution in [0.4, 0.5) is 0 Å². The van der Waals surface area contributed by atoms with E-state index < -0.39 is 5.97 Å². The molecule has 2 heterocycles. The van der Waals surface area contributed by atoms with E-state index in [-0.39, 0.29) is 25.2 Å². The van der Waals surface area contributed by atoms with Crippen LogP contribution < -0.4 is 9.47 Å². The highest BCUT2D eigenvalue weighted by Gasteiger charge is 2.24. The van der Waals surface area contributed by atoms with Gasteiger partial charge in [-0.25, -0.2) is 9.79 Å². The Morgan fingerprint density at radius 1 is 0.920 bits per heavy atom. The van der Waals surface area contributed by atoms with Gasteiger partial charge in [-0.3, -0.25) is 0 Å². The maximum absolute atomic E-state index is 12.1. The summed E-state index contributed by atoms with van der Waals surface area (Å²) in [5.74, 6) is 0.789. The highest BCUT2D eigenvalue weighted by molar-refractivity contribution is 6.12. The maximum Gasteiger partial charge on any atom is 0.363 e. The standard InChI is InChI=1S/C18H13NO6/c20-18-14(19-17(25-18)13-4-2-1-3-5-13)8-12-6-7-15-16(9-12)22-11-24-23-10-21-15/h1-9H,10-11H2/b14-8+. The minimum absolute atomic E-state index is 0.0339. The van der Waals surface area contributed by atoms with Gasteiger partial charge in [-0.05, 0) is 35.9 Å². The first-order valence-electron chi connectivity index (χ1n) is 7.52. The first kappa shape index (κ1) is 15.4. The van der Waals surface area contributed by atoms with E-state index in [0.717, 1.165) is 5.56 Å². The van der Waals surface area contributed by atoms with Crippen molar-refractivity contribution in [2.45, 2.75) is 0 Å². The van der Waals surface area contributed by atoms with Gasteiger partial charge >= 0.3 is 5.97 Å². The zero-order valence-corrected chi connectivity index (χ0v) is 13.0. The smallest absolute Gasteiger partial charge is 0.363 e. The minimum Gasteiger partial charge on any atom is -0.461 e. The van der Waals surface area contributed by atoms with E-state index in [1.807, 2.05) is 30.3 Å². The Morgan fingerprint density at radius 2 is 1.68 bits per heavy atom. The predicted molar refractivity (Wildman–Crippen MR) is 86.7 cm³/mol. The summed E-state index contributed by atoms with van der Waals surface area (Å²) in [6.45, 7) is -0.0947. The number of benzene rings is 2. The molecule has 7 nitrogen and oxygen atoms in total. The molecule has 0 saturated heterocycles. The van der Waals surface area contributed by atoms with Crippen LogP contribution in [0, 0.1) is 0 Å². The van der Waals surface area contributed by atoms with Crippen LogP contribution in [0.3, 0.4) is 0 Å². The zero-order valence-electron chi connectivity index (χ0n) is 13.0. The first-order chi connectivity index (χ1) is 12.3. The van der Waals surface area contributed by atoms with Gasteiger partial charge in [0.15, 0.2) is 17.2 Å². The molecule has 0 aromatic heterocycles. The van der Waals surface area contributed by atoms with E-state index >= 15 is 0 Å². The molecule has 0 amide bonds. The average Bonchev–Trinajstić information content (AvgIpc) is 2.98. The number of hydrogen-bond acceptors (Lipinski definition) is 7. The lowest BCUT2D eigenvalue weighted by Crippen LogP contribution is -2.13. The number of carbonyl (C=O) groups excluding carboxylic acids is 1. The Morgan fingerprint density at radius 3 is 2.48 bits per heavy atom. The molecule has 7 heteroatoms. The Bertz CT molecular complexity index is 859. The molecule has 2 aliphatic heterocycles. The lowest BCUT2D eigenvalue weighted by molar-refractivity contribution is -0.352. The van der Waals surface area contributed by atoms with E-state index in [9.17, 15) is 4.79 Å². The van der Waals surface area contributed by atoms with Crippen molar-refractivity contribution < 1.29 is 28.8 Å². The van der Waals surface area contributed by atoms with Crippen molar-refractivity contribution in [3.05, 3.63) is 65.4 Å². The Hall–Kier alpha value is -3.16. The molecule has 0 atom stereocenters. The van der Waals surface area contributed by atoms with Crippen molar-refractivity contribution in [2.24, 2.45) is 4.99 Å². The van der Waals surface area contributed by atoms with Gasteiger partial charge < -0.3 is 14.2 Å². The summed E-state index contributed by atoms with van der Waals surface area (Å²) < 4.78 is 16.0. The van der Waals surface area contributed by atoms with Gasteiger partial charge in [-0.2, -0.15) is 9.78 Å². The number of aliphatic imine (C=N–C) groups is 1. The van der Waals surface area contributed by atoms with Gasteiger partial charge in [0.2, 0.25) is 19.5 Å². The third kappa shape index (κ3) is 3.37. The average molecular weight is 339 g/mol. The third-order valence-corrected chi connectivity index (χ3v) is 3.52. The molecule has 0 saturated carbocycles. The summed E-state index contributed by atoms with van der Waals surface area (Å²) in [4.78, 5) is 25.7. The van der Waals surface area contributed by atoms with Crippen LogP contribution in [0.15, 0.2) is 59.2 Å². The predicted octanol–water partition coefficient (Wildman–Crippen LogP) is 2.67. The summed E-state index contributed by atoms with van der Waals surface area (Å²) in [5.41, 5.74) is 1.67. The van der Waals surface area contributed by atoms with Gasteiger partial charge in [0, 0.05) is 5.56 Å². The SMILES string of the molecule is O=C1OC(c2ccccc2)=N/C1=C/c1ccc2c(c1)OCOOCO2. The van der Waals surface area contributed by atoms with Crippen molar-refractivity contribution >= 4 is 17.9 Å². The Kier molecular flexibility index (Phi) is 4.16. The highest BCUT2D eigenvalue weighted by Crippen LogP contribution is 2.31. The minimum atomic E-state index is -0.500. The van der Waals surface area contributed by atoms with Gasteiger partial charge in [-0.1, -0.05) is 24.3 Å². The van der Waals surface area contributed by atoms with Crippen molar-refractivity contribution in [3.63, 3.8) is 0 Å². The molecular formula is C18H13NO6. The van der Waals surface area contributed by atoms with Crippen LogP contribution in [0.5, 0.6) is 11.5 Å². The summed E-state index contributed by atoms with van der Waals surface area (Å²) in [6.07, 6.45) is 1.62. The molecular weight excluding hydrogens is 326 g/mol. The normalized spacial score (nSPS) is 18.3. The number of fused-ring (bicyclic) bond motifs is 1. The molecule has 2 aromatic carbocycles. The third-order valence-electron chi connectivity index (χ3n) is 3.52. The largest absolute Gasteiger partial charge is 0.461 e. The molecule has 126 valence electrons. The second kappa shape index (κ2) is 6.76. The molecule has 4 rings (SSSR count). The van der Waals surface area contributed by atoms with E-state index in [2.05, 4.69) is 4.99 Å². The van der Waals surface area contributed by atoms with E-state index in [4.69, 9.17) is 24.0 Å². The first-order valence-corrected chi connectivity index (χ1v) is 7.52. The van der Waals surface area contributed by atoms with Gasteiger partial charge in [0.1, 0.15) is 0 Å². The van der Waals surface area contributed by atoms with Crippen molar-refractivity contribution in [2.75, 3.05) is 13.6 Å². The van der Waals surface area contributed by atoms with Crippen molar-refractivity contribution in [1.29, 1.82) is 0 Å². The second-order valence-corrected chi connectivity index (χ2v) is 5.17. The molecule has 0 unspecified atom stereocenters. The Labute approximate surface area is 143 Å². The molecule has 0 spiro atoms. The van der Waals surface area contributed by atoms with Crippen LogP contribution in [0.25, 0.3) is 6.08 Å². The Balaban J connectivity index is 1.63. The number of ether oxygens (including phenoxy) is 3. The number of rotatable bonds is 2. The summed E-state index contributed by atoms with van der Waals surface area (Å²) in [5, 5.41) is 0. The van der Waals surface area contributed by atoms with Crippen LogP contribution in [0.2, 0.25) is 0 Å². The fourth-order valence-electron chi connectivity index (χ4n) is 2.36. The summed E-state index contributed by atoms with van der Waals surface area (Å²) >= 11 is 0. The number of esters is 1. The molecule has 25 heavy (non-hydrogen) atoms. The number of carbonyl (C=O) groups is 1. The van der Waals surface area contributed by atoms with E-state index in [0.29, 0.717) is 17.1 Å². The molecule has 0 aliphatic carbocycles. The van der Waals surface area contributed by atoms with Crippen LogP contribution in [-0.2, 0) is 19.3 Å². The van der Waals surface area contributed by atoms with Gasteiger partial charge in [-0.15, -0.1) is 0 Å². The molecule has 0 fully saturated rings. The molecule has 2 aliphatic rings. The van der Waals surface area contributed by atoms with Gasteiger partial charge in [0.05, 0.1) is 0 Å². The summed E-state index contributed by atoms with van der Waals surface area (Å²) in [7, 11) is 0. The number of cyclic esters (lactones) is 1. The monoisotopic (exact) mass is 339 g/mol. The summed E-state index contributed by atoms with van der Waals surface area (Å²) in [6, 6.07) is 14.5. The van der Waals surface area contributed by atoms with Crippen LogP contribution in [-0.4, -0.2) is 25.5 Å². The molecule has 0 radical (unpaired) electrons. The zero-order chi connectivity index (χ0) is 17.1. The van der Waals surface area contributed by atoms with E-state index in [1.54, 1.807) is 24.3 Å². The highest BCUT2D eigenvalue weighted by atomic mass is 17.2. The van der Waals surface area contributed by atoms with Crippen molar-refractivity contribution in [1.82, 2.24) is 0 Å². The molecule has 0 bridgehead atoms. The second-order valence-electron chi connectivity index (χ2n) is 5.17. The van der Waals surface area contributed by atoms with Crippen molar-refractivity contribution in [3.8, 4) is 11.5 Å². The fourth-order valence-corrected chi connectivity index (χ4v) is 2.36. The fraction of sp³-hybridized carbons (Fsp3) is 0.111.